The molecule has 0 spiro atoms. The van der Waals surface area contributed by atoms with E-state index in [1.165, 1.54) is 5.56 Å². The van der Waals surface area contributed by atoms with Crippen molar-refractivity contribution in [2.75, 3.05) is 27.4 Å². The van der Waals surface area contributed by atoms with Crippen molar-refractivity contribution in [3.8, 4) is 11.5 Å². The van der Waals surface area contributed by atoms with E-state index in [2.05, 4.69) is 5.32 Å². The topological polar surface area (TPSA) is 39.7 Å². The summed E-state index contributed by atoms with van der Waals surface area (Å²) < 4.78 is 16.5. The van der Waals surface area contributed by atoms with Gasteiger partial charge in [-0.2, -0.15) is 0 Å². The predicted molar refractivity (Wildman–Crippen MR) is 72.3 cm³/mol. The summed E-state index contributed by atoms with van der Waals surface area (Å²) in [6.45, 7) is 5.93. The highest BCUT2D eigenvalue weighted by Crippen LogP contribution is 2.29. The lowest BCUT2D eigenvalue weighted by Gasteiger charge is -2.17. The van der Waals surface area contributed by atoms with Gasteiger partial charge in [-0.1, -0.05) is 6.07 Å². The van der Waals surface area contributed by atoms with Crippen molar-refractivity contribution in [1.82, 2.24) is 5.32 Å². The summed E-state index contributed by atoms with van der Waals surface area (Å²) in [6, 6.07) is 5.99. The molecule has 0 saturated carbocycles. The van der Waals surface area contributed by atoms with Gasteiger partial charge in [0.25, 0.3) is 0 Å². The molecule has 0 amide bonds. The number of rotatable bonds is 8. The van der Waals surface area contributed by atoms with E-state index in [1.54, 1.807) is 7.11 Å². The Kier molecular flexibility index (Phi) is 6.54. The van der Waals surface area contributed by atoms with Gasteiger partial charge in [0.1, 0.15) is 6.10 Å². The highest BCUT2D eigenvalue weighted by atomic mass is 16.5. The summed E-state index contributed by atoms with van der Waals surface area (Å²) in [5.74, 6) is 1.55. The van der Waals surface area contributed by atoms with Gasteiger partial charge in [-0.15, -0.1) is 0 Å². The van der Waals surface area contributed by atoms with Crippen molar-refractivity contribution in [3.05, 3.63) is 23.8 Å². The monoisotopic (exact) mass is 253 g/mol. The van der Waals surface area contributed by atoms with Gasteiger partial charge in [0.2, 0.25) is 0 Å². The minimum absolute atomic E-state index is 0.00403. The van der Waals surface area contributed by atoms with Gasteiger partial charge in [0.05, 0.1) is 13.2 Å². The molecule has 0 radical (unpaired) electrons. The van der Waals surface area contributed by atoms with Crippen molar-refractivity contribution in [1.29, 1.82) is 0 Å². The van der Waals surface area contributed by atoms with Crippen LogP contribution in [0.1, 0.15) is 19.4 Å². The second-order valence-electron chi connectivity index (χ2n) is 4.13. The summed E-state index contributed by atoms with van der Waals surface area (Å²) >= 11 is 0. The molecule has 1 N–H and O–H groups in total. The van der Waals surface area contributed by atoms with E-state index in [0.29, 0.717) is 13.2 Å². The lowest BCUT2D eigenvalue weighted by molar-refractivity contribution is 0.0894. The van der Waals surface area contributed by atoms with Gasteiger partial charge in [-0.25, -0.2) is 0 Å². The van der Waals surface area contributed by atoms with Crippen LogP contribution >= 0.6 is 0 Å². The first-order valence-electron chi connectivity index (χ1n) is 6.27. The van der Waals surface area contributed by atoms with Gasteiger partial charge >= 0.3 is 0 Å². The Morgan fingerprint density at radius 1 is 1.28 bits per heavy atom. The molecule has 0 bridgehead atoms. The molecule has 4 nitrogen and oxygen atoms in total. The fourth-order valence-electron chi connectivity index (χ4n) is 1.72. The molecule has 1 aromatic rings. The average Bonchev–Trinajstić information content (AvgIpc) is 2.33. The van der Waals surface area contributed by atoms with E-state index in [4.69, 9.17) is 14.2 Å². The highest BCUT2D eigenvalue weighted by molar-refractivity contribution is 5.43. The predicted octanol–water partition coefficient (Wildman–Crippen LogP) is 2.22. The third-order valence-electron chi connectivity index (χ3n) is 2.42. The fourth-order valence-corrected chi connectivity index (χ4v) is 1.72. The van der Waals surface area contributed by atoms with Crippen LogP contribution in [0.25, 0.3) is 0 Å². The quantitative estimate of drug-likeness (QED) is 0.771. The molecule has 0 fully saturated rings. The van der Waals surface area contributed by atoms with Gasteiger partial charge < -0.3 is 19.5 Å². The molecule has 0 aromatic heterocycles. The maximum Gasteiger partial charge on any atom is 0.161 e. The molecular formula is C14H23NO3. The summed E-state index contributed by atoms with van der Waals surface area (Å²) in [6.07, 6.45) is 0.00403. The summed E-state index contributed by atoms with van der Waals surface area (Å²) in [5.41, 5.74) is 1.17. The van der Waals surface area contributed by atoms with E-state index < -0.39 is 0 Å². The number of benzene rings is 1. The Bertz CT molecular complexity index is 355. The van der Waals surface area contributed by atoms with Gasteiger partial charge in [0, 0.05) is 13.7 Å². The molecule has 1 atom stereocenters. The first-order chi connectivity index (χ1) is 8.71. The molecule has 0 aliphatic carbocycles. The van der Waals surface area contributed by atoms with Crippen molar-refractivity contribution in [3.63, 3.8) is 0 Å². The fraction of sp³-hybridized carbons (Fsp3) is 0.571. The SMILES string of the molecule is CCOc1cc(CNC)ccc1OC(C)COC. The van der Waals surface area contributed by atoms with Crippen LogP contribution in [0.4, 0.5) is 0 Å². The van der Waals surface area contributed by atoms with Gasteiger partial charge in [0.15, 0.2) is 11.5 Å². The third kappa shape index (κ3) is 4.55. The maximum atomic E-state index is 5.80. The average molecular weight is 253 g/mol. The third-order valence-corrected chi connectivity index (χ3v) is 2.42. The van der Waals surface area contributed by atoms with E-state index >= 15 is 0 Å². The van der Waals surface area contributed by atoms with Crippen LogP contribution in [0.5, 0.6) is 11.5 Å². The van der Waals surface area contributed by atoms with Gasteiger partial charge in [-0.05, 0) is 38.6 Å². The number of hydrogen-bond acceptors (Lipinski definition) is 4. The summed E-state index contributed by atoms with van der Waals surface area (Å²) in [4.78, 5) is 0. The van der Waals surface area contributed by atoms with E-state index in [1.807, 2.05) is 39.1 Å². The maximum absolute atomic E-state index is 5.80. The Labute approximate surface area is 109 Å². The standard InChI is InChI=1S/C14H23NO3/c1-5-17-14-8-12(9-15-3)6-7-13(14)18-11(2)10-16-4/h6-8,11,15H,5,9-10H2,1-4H3. The lowest BCUT2D eigenvalue weighted by atomic mass is 10.2. The van der Waals surface area contributed by atoms with Crippen LogP contribution in [0, 0.1) is 0 Å². The second kappa shape index (κ2) is 7.95. The lowest BCUT2D eigenvalue weighted by Crippen LogP contribution is -2.18. The zero-order valence-corrected chi connectivity index (χ0v) is 11.7. The van der Waals surface area contributed by atoms with Crippen LogP contribution < -0.4 is 14.8 Å². The minimum Gasteiger partial charge on any atom is -0.490 e. The second-order valence-corrected chi connectivity index (χ2v) is 4.13. The first-order valence-corrected chi connectivity index (χ1v) is 6.27. The first kappa shape index (κ1) is 14.8. The van der Waals surface area contributed by atoms with Crippen molar-refractivity contribution in [2.24, 2.45) is 0 Å². The molecule has 0 saturated heterocycles. The smallest absolute Gasteiger partial charge is 0.161 e. The van der Waals surface area contributed by atoms with Crippen LogP contribution in [-0.2, 0) is 11.3 Å². The molecule has 102 valence electrons. The van der Waals surface area contributed by atoms with Gasteiger partial charge in [-0.3, -0.25) is 0 Å². The number of ether oxygens (including phenoxy) is 3. The van der Waals surface area contributed by atoms with Crippen LogP contribution in [-0.4, -0.2) is 33.5 Å². The molecule has 1 rings (SSSR count). The molecule has 1 aromatic carbocycles. The van der Waals surface area contributed by atoms with Crippen molar-refractivity contribution in [2.45, 2.75) is 26.5 Å². The molecule has 0 heterocycles. The Hall–Kier alpha value is -1.26. The zero-order valence-electron chi connectivity index (χ0n) is 11.7. The van der Waals surface area contributed by atoms with Crippen LogP contribution in [0.3, 0.4) is 0 Å². The Morgan fingerprint density at radius 3 is 2.67 bits per heavy atom. The minimum atomic E-state index is 0.00403. The molecule has 4 heteroatoms. The molecular weight excluding hydrogens is 230 g/mol. The number of nitrogens with one attached hydrogen (secondary N) is 1. The van der Waals surface area contributed by atoms with E-state index in [-0.39, 0.29) is 6.10 Å². The molecule has 1 unspecified atom stereocenters. The zero-order chi connectivity index (χ0) is 13.4. The van der Waals surface area contributed by atoms with E-state index in [0.717, 1.165) is 18.0 Å². The van der Waals surface area contributed by atoms with Crippen molar-refractivity contribution < 1.29 is 14.2 Å². The van der Waals surface area contributed by atoms with Crippen molar-refractivity contribution >= 4 is 0 Å². The molecule has 0 aliphatic heterocycles. The summed E-state index contributed by atoms with van der Waals surface area (Å²) in [7, 11) is 3.59. The normalized spacial score (nSPS) is 12.2. The number of methoxy groups -OCH3 is 1. The molecule has 0 aliphatic rings. The highest BCUT2D eigenvalue weighted by Gasteiger charge is 2.10. The van der Waals surface area contributed by atoms with Crippen LogP contribution in [0.15, 0.2) is 18.2 Å². The Morgan fingerprint density at radius 2 is 2.06 bits per heavy atom. The number of hydrogen-bond donors (Lipinski definition) is 1. The summed E-state index contributed by atoms with van der Waals surface area (Å²) in [5, 5.41) is 3.12. The molecule has 18 heavy (non-hydrogen) atoms. The largest absolute Gasteiger partial charge is 0.490 e. The van der Waals surface area contributed by atoms with E-state index in [9.17, 15) is 0 Å². The van der Waals surface area contributed by atoms with Crippen LogP contribution in [0.2, 0.25) is 0 Å². The Balaban J connectivity index is 2.81.